The Balaban J connectivity index is 1.57. The number of nitrogens with zero attached hydrogens (tertiary/aromatic N) is 3. The van der Waals surface area contributed by atoms with Crippen molar-refractivity contribution in [1.29, 1.82) is 0 Å². The maximum atomic E-state index is 12.4. The van der Waals surface area contributed by atoms with Crippen molar-refractivity contribution in [3.8, 4) is 0 Å². The second kappa shape index (κ2) is 5.96. The van der Waals surface area contributed by atoms with Crippen molar-refractivity contribution in [2.75, 3.05) is 13.6 Å². The Bertz CT molecular complexity index is 772. The average Bonchev–Trinajstić information content (AvgIpc) is 3.17. The highest BCUT2D eigenvalue weighted by Crippen LogP contribution is 2.52. The van der Waals surface area contributed by atoms with Gasteiger partial charge in [0.25, 0.3) is 5.91 Å². The molecule has 3 saturated heterocycles. The van der Waals surface area contributed by atoms with Crippen LogP contribution in [-0.4, -0.2) is 85.8 Å². The zero-order valence-electron chi connectivity index (χ0n) is 15.2. The van der Waals surface area contributed by atoms with E-state index in [1.165, 1.54) is 35.5 Å². The number of imide groups is 1. The van der Waals surface area contributed by atoms with E-state index in [1.54, 1.807) is 0 Å². The number of fused-ring (bicyclic) bond motifs is 2. The predicted molar refractivity (Wildman–Crippen MR) is 94.3 cm³/mol. The summed E-state index contributed by atoms with van der Waals surface area (Å²) >= 11 is 1.34. The molecule has 146 valence electrons. The lowest BCUT2D eigenvalue weighted by molar-refractivity contribution is -0.163. The number of aliphatic hydroxyl groups excluding tert-OH is 1. The molecule has 27 heavy (non-hydrogen) atoms. The van der Waals surface area contributed by atoms with E-state index in [-0.39, 0.29) is 40.8 Å². The second-order valence-corrected chi connectivity index (χ2v) is 8.94. The first-order chi connectivity index (χ1) is 12.6. The molecule has 0 spiro atoms. The van der Waals surface area contributed by atoms with Crippen LogP contribution in [0.1, 0.15) is 20.3 Å². The smallest absolute Gasteiger partial charge is 0.353 e. The number of β-lactam (4-membered cyclic amide) rings is 1. The summed E-state index contributed by atoms with van der Waals surface area (Å²) in [5, 5.41) is 19.4. The van der Waals surface area contributed by atoms with E-state index in [1.807, 2.05) is 6.92 Å². The summed E-state index contributed by atoms with van der Waals surface area (Å²) in [4.78, 5) is 53.0. The molecule has 0 aromatic carbocycles. The van der Waals surface area contributed by atoms with Crippen LogP contribution in [0.5, 0.6) is 0 Å². The number of urea groups is 1. The van der Waals surface area contributed by atoms with E-state index in [4.69, 9.17) is 0 Å². The van der Waals surface area contributed by atoms with Crippen LogP contribution in [0, 0.1) is 11.8 Å². The lowest BCUT2D eigenvalue weighted by Crippen LogP contribution is -2.63. The molecule has 10 heteroatoms. The molecule has 4 heterocycles. The largest absolute Gasteiger partial charge is 0.477 e. The molecule has 0 aromatic rings. The lowest BCUT2D eigenvalue weighted by Gasteiger charge is -2.46. The van der Waals surface area contributed by atoms with E-state index < -0.39 is 24.0 Å². The highest BCUT2D eigenvalue weighted by atomic mass is 32.2. The van der Waals surface area contributed by atoms with Gasteiger partial charge in [0.05, 0.1) is 18.1 Å². The number of hydrogen-bond donors (Lipinski definition) is 2. The van der Waals surface area contributed by atoms with E-state index in [2.05, 4.69) is 0 Å². The van der Waals surface area contributed by atoms with Crippen LogP contribution < -0.4 is 0 Å². The minimum atomic E-state index is -1.17. The molecule has 4 amide bonds. The molecule has 0 bridgehead atoms. The molecule has 0 aliphatic carbocycles. The quantitative estimate of drug-likeness (QED) is 0.504. The second-order valence-electron chi connectivity index (χ2n) is 7.60. The van der Waals surface area contributed by atoms with Gasteiger partial charge in [0.1, 0.15) is 11.7 Å². The van der Waals surface area contributed by atoms with Crippen LogP contribution in [0.4, 0.5) is 4.79 Å². The number of aliphatic hydroxyl groups is 1. The van der Waals surface area contributed by atoms with E-state index >= 15 is 0 Å². The Morgan fingerprint density at radius 1 is 1.26 bits per heavy atom. The van der Waals surface area contributed by atoms with Crippen molar-refractivity contribution >= 4 is 35.6 Å². The Morgan fingerprint density at radius 3 is 2.48 bits per heavy atom. The molecule has 9 nitrogen and oxygen atoms in total. The maximum Gasteiger partial charge on any atom is 0.353 e. The molecule has 0 radical (unpaired) electrons. The third-order valence-electron chi connectivity index (χ3n) is 6.02. The molecular weight excluding hydrogens is 374 g/mol. The molecular formula is C17H21N3O6S. The van der Waals surface area contributed by atoms with Crippen molar-refractivity contribution in [2.24, 2.45) is 11.8 Å². The number of carboxylic acids is 1. The van der Waals surface area contributed by atoms with Crippen molar-refractivity contribution in [1.82, 2.24) is 14.7 Å². The highest BCUT2D eigenvalue weighted by Gasteiger charge is 2.60. The number of carbonyl (C=O) groups is 4. The maximum absolute atomic E-state index is 12.4. The van der Waals surface area contributed by atoms with Crippen LogP contribution in [0.2, 0.25) is 0 Å². The normalized spacial score (nSPS) is 36.4. The molecule has 3 fully saturated rings. The number of hydrogen-bond acceptors (Lipinski definition) is 6. The topological polar surface area (TPSA) is 118 Å². The first kappa shape index (κ1) is 18.3. The number of aliphatic carboxylic acids is 1. The average molecular weight is 395 g/mol. The first-order valence-electron chi connectivity index (χ1n) is 8.88. The fraction of sp³-hybridized carbons (Fsp3) is 0.647. The number of rotatable bonds is 4. The van der Waals surface area contributed by atoms with Crippen LogP contribution in [0.3, 0.4) is 0 Å². The SMILES string of the molecule is C[C@@H](O)[C@H]1C(=O)N2C(C(=O)O)=C(S[C@H]3C[C@H]4C(=O)N(C)C(=O)N4C3)[C@H](C)[C@H]12. The van der Waals surface area contributed by atoms with Crippen LogP contribution >= 0.6 is 11.8 Å². The van der Waals surface area contributed by atoms with Crippen molar-refractivity contribution in [3.05, 3.63) is 10.6 Å². The van der Waals surface area contributed by atoms with Gasteiger partial charge in [-0.2, -0.15) is 0 Å². The zero-order chi connectivity index (χ0) is 19.8. The van der Waals surface area contributed by atoms with Gasteiger partial charge in [-0.1, -0.05) is 6.92 Å². The minimum absolute atomic E-state index is 0.0266. The Hall–Kier alpha value is -2.07. The van der Waals surface area contributed by atoms with Gasteiger partial charge in [0, 0.05) is 29.7 Å². The fourth-order valence-corrected chi connectivity index (χ4v) is 6.22. The van der Waals surface area contributed by atoms with Gasteiger partial charge in [-0.15, -0.1) is 11.8 Å². The highest BCUT2D eigenvalue weighted by molar-refractivity contribution is 8.03. The molecule has 4 aliphatic rings. The zero-order valence-corrected chi connectivity index (χ0v) is 16.0. The lowest BCUT2D eigenvalue weighted by atomic mass is 9.79. The van der Waals surface area contributed by atoms with E-state index in [9.17, 15) is 29.4 Å². The summed E-state index contributed by atoms with van der Waals surface area (Å²) in [5.74, 6) is -2.59. The van der Waals surface area contributed by atoms with Gasteiger partial charge in [-0.3, -0.25) is 14.5 Å². The summed E-state index contributed by atoms with van der Waals surface area (Å²) in [7, 11) is 1.46. The van der Waals surface area contributed by atoms with Crippen molar-refractivity contribution in [2.45, 2.75) is 43.7 Å². The number of amides is 4. The molecule has 2 N–H and O–H groups in total. The van der Waals surface area contributed by atoms with Gasteiger partial charge in [0.15, 0.2) is 0 Å². The molecule has 0 saturated carbocycles. The van der Waals surface area contributed by atoms with Crippen LogP contribution in [-0.2, 0) is 14.4 Å². The third-order valence-corrected chi connectivity index (χ3v) is 7.51. The third kappa shape index (κ3) is 2.35. The summed E-state index contributed by atoms with van der Waals surface area (Å²) in [6.07, 6.45) is -0.385. The standard InChI is InChI=1S/C17H21N3O6S/c1-6-11-10(7(2)21)15(23)20(11)12(16(24)25)13(6)27-8-4-9-14(22)18(3)17(26)19(9)5-8/h6-11,21H,4-5H2,1-3H3,(H,24,25)/t6-,7-,8+,9+,10-,11-/m1/s1. The Morgan fingerprint density at radius 2 is 1.93 bits per heavy atom. The van der Waals surface area contributed by atoms with Gasteiger partial charge in [-0.25, -0.2) is 9.59 Å². The van der Waals surface area contributed by atoms with Gasteiger partial charge >= 0.3 is 12.0 Å². The van der Waals surface area contributed by atoms with Crippen molar-refractivity contribution < 1.29 is 29.4 Å². The molecule has 4 aliphatic heterocycles. The summed E-state index contributed by atoms with van der Waals surface area (Å²) < 4.78 is 0. The summed E-state index contributed by atoms with van der Waals surface area (Å²) in [6, 6.07) is -1.18. The van der Waals surface area contributed by atoms with Crippen molar-refractivity contribution in [3.63, 3.8) is 0 Å². The molecule has 0 unspecified atom stereocenters. The Labute approximate surface area is 160 Å². The number of carboxylic acid groups (broad SMARTS) is 1. The summed E-state index contributed by atoms with van der Waals surface area (Å²) in [5.41, 5.74) is -0.0266. The van der Waals surface area contributed by atoms with E-state index in [0.29, 0.717) is 17.9 Å². The summed E-state index contributed by atoms with van der Waals surface area (Å²) in [6.45, 7) is 3.76. The number of thioether (sulfide) groups is 1. The number of likely N-dealkylation sites (N-methyl/N-ethyl adjacent to an activating group) is 1. The molecule has 6 atom stereocenters. The first-order valence-corrected chi connectivity index (χ1v) is 9.76. The van der Waals surface area contributed by atoms with Crippen LogP contribution in [0.15, 0.2) is 10.6 Å². The molecule has 0 aromatic heterocycles. The predicted octanol–water partition coefficient (Wildman–Crippen LogP) is -0.0918. The fourth-order valence-electron chi connectivity index (χ4n) is 4.70. The molecule has 4 rings (SSSR count). The monoisotopic (exact) mass is 395 g/mol. The van der Waals surface area contributed by atoms with E-state index in [0.717, 1.165) is 4.90 Å². The number of carbonyl (C=O) groups excluding carboxylic acids is 3. The van der Waals surface area contributed by atoms with Gasteiger partial charge in [-0.05, 0) is 13.3 Å². The van der Waals surface area contributed by atoms with Crippen LogP contribution in [0.25, 0.3) is 0 Å². The Kier molecular flexibility index (Phi) is 4.04. The minimum Gasteiger partial charge on any atom is -0.477 e. The van der Waals surface area contributed by atoms with Gasteiger partial charge < -0.3 is 20.0 Å². The van der Waals surface area contributed by atoms with Gasteiger partial charge in [0.2, 0.25) is 5.91 Å².